The van der Waals surface area contributed by atoms with E-state index in [0.717, 1.165) is 15.7 Å². The molecule has 0 spiro atoms. The lowest BCUT2D eigenvalue weighted by Crippen LogP contribution is -2.19. The van der Waals surface area contributed by atoms with Gasteiger partial charge in [-0.15, -0.1) is 0 Å². The summed E-state index contributed by atoms with van der Waals surface area (Å²) in [5.74, 6) is -0.0988. The SMILES string of the molecule is Cc1ccc(NC(=O)Cn2cccn2)c(Br)c1. The first-order valence-corrected chi connectivity index (χ1v) is 5.98. The molecule has 0 bridgehead atoms. The van der Waals surface area contributed by atoms with E-state index in [4.69, 9.17) is 0 Å². The average molecular weight is 294 g/mol. The molecule has 1 N–H and O–H groups in total. The van der Waals surface area contributed by atoms with Crippen LogP contribution in [0.25, 0.3) is 0 Å². The van der Waals surface area contributed by atoms with E-state index < -0.39 is 0 Å². The molecule has 0 fully saturated rings. The van der Waals surface area contributed by atoms with Crippen molar-refractivity contribution in [2.75, 3.05) is 5.32 Å². The van der Waals surface area contributed by atoms with Gasteiger partial charge in [0.1, 0.15) is 6.54 Å². The lowest BCUT2D eigenvalue weighted by molar-refractivity contribution is -0.116. The van der Waals surface area contributed by atoms with Gasteiger partial charge in [-0.1, -0.05) is 6.07 Å². The number of nitrogens with one attached hydrogen (secondary N) is 1. The van der Waals surface area contributed by atoms with Crippen LogP contribution in [0.2, 0.25) is 0 Å². The Hall–Kier alpha value is -1.62. The summed E-state index contributed by atoms with van der Waals surface area (Å²) < 4.78 is 2.46. The number of amides is 1. The van der Waals surface area contributed by atoms with Gasteiger partial charge < -0.3 is 5.32 Å². The number of halogens is 1. The summed E-state index contributed by atoms with van der Waals surface area (Å²) in [7, 11) is 0. The summed E-state index contributed by atoms with van der Waals surface area (Å²) in [4.78, 5) is 11.7. The minimum Gasteiger partial charge on any atom is -0.323 e. The number of aryl methyl sites for hydroxylation is 1. The highest BCUT2D eigenvalue weighted by Gasteiger charge is 2.06. The Morgan fingerprint density at radius 2 is 2.35 bits per heavy atom. The van der Waals surface area contributed by atoms with Gasteiger partial charge in [0.25, 0.3) is 0 Å². The van der Waals surface area contributed by atoms with Crippen molar-refractivity contribution in [3.63, 3.8) is 0 Å². The molecule has 0 saturated carbocycles. The second-order valence-electron chi connectivity index (χ2n) is 3.74. The predicted octanol–water partition coefficient (Wildman–Crippen LogP) is 2.59. The Balaban J connectivity index is 2.03. The average Bonchev–Trinajstić information content (AvgIpc) is 2.75. The number of nitrogens with zero attached hydrogens (tertiary/aromatic N) is 2. The van der Waals surface area contributed by atoms with Crippen LogP contribution in [0.5, 0.6) is 0 Å². The minimum atomic E-state index is -0.0988. The van der Waals surface area contributed by atoms with E-state index in [-0.39, 0.29) is 12.5 Å². The number of aromatic nitrogens is 2. The Labute approximate surface area is 108 Å². The Morgan fingerprint density at radius 1 is 1.53 bits per heavy atom. The zero-order valence-electron chi connectivity index (χ0n) is 9.35. The Bertz CT molecular complexity index is 523. The van der Waals surface area contributed by atoms with Gasteiger partial charge in [0.05, 0.1) is 5.69 Å². The zero-order valence-corrected chi connectivity index (χ0v) is 10.9. The third-order valence-electron chi connectivity index (χ3n) is 2.26. The standard InChI is InChI=1S/C12H12BrN3O/c1-9-3-4-11(10(13)7-9)15-12(17)8-16-6-2-5-14-16/h2-7H,8H2,1H3,(H,15,17). The van der Waals surface area contributed by atoms with Crippen LogP contribution in [0.15, 0.2) is 41.1 Å². The maximum absolute atomic E-state index is 11.7. The van der Waals surface area contributed by atoms with Crippen molar-refractivity contribution in [1.29, 1.82) is 0 Å². The molecular formula is C12H12BrN3O. The van der Waals surface area contributed by atoms with Crippen LogP contribution in [-0.2, 0) is 11.3 Å². The van der Waals surface area contributed by atoms with Gasteiger partial charge in [-0.2, -0.15) is 5.10 Å². The number of hydrogen-bond acceptors (Lipinski definition) is 2. The maximum atomic E-state index is 11.7. The van der Waals surface area contributed by atoms with Crippen LogP contribution in [-0.4, -0.2) is 15.7 Å². The molecule has 2 rings (SSSR count). The molecule has 0 aliphatic heterocycles. The molecule has 0 radical (unpaired) electrons. The van der Waals surface area contributed by atoms with Gasteiger partial charge in [0, 0.05) is 16.9 Å². The molecule has 1 amide bonds. The van der Waals surface area contributed by atoms with E-state index in [1.165, 1.54) is 0 Å². The molecular weight excluding hydrogens is 282 g/mol. The van der Waals surface area contributed by atoms with Gasteiger partial charge in [-0.25, -0.2) is 0 Å². The molecule has 2 aromatic rings. The molecule has 1 heterocycles. The number of carbonyl (C=O) groups is 1. The highest BCUT2D eigenvalue weighted by atomic mass is 79.9. The van der Waals surface area contributed by atoms with Crippen LogP contribution in [0.3, 0.4) is 0 Å². The number of hydrogen-bond donors (Lipinski definition) is 1. The van der Waals surface area contributed by atoms with Crippen LogP contribution in [0, 0.1) is 6.92 Å². The fourth-order valence-electron chi connectivity index (χ4n) is 1.45. The fourth-order valence-corrected chi connectivity index (χ4v) is 2.04. The van der Waals surface area contributed by atoms with Crippen molar-refractivity contribution in [3.05, 3.63) is 46.7 Å². The smallest absolute Gasteiger partial charge is 0.246 e. The molecule has 1 aromatic heterocycles. The van der Waals surface area contributed by atoms with E-state index in [1.54, 1.807) is 23.1 Å². The summed E-state index contributed by atoms with van der Waals surface area (Å²) >= 11 is 3.42. The highest BCUT2D eigenvalue weighted by Crippen LogP contribution is 2.23. The molecule has 17 heavy (non-hydrogen) atoms. The Kier molecular flexibility index (Phi) is 3.58. The molecule has 1 aromatic carbocycles. The van der Waals surface area contributed by atoms with Crippen molar-refractivity contribution in [3.8, 4) is 0 Å². The van der Waals surface area contributed by atoms with Crippen LogP contribution >= 0.6 is 15.9 Å². The lowest BCUT2D eigenvalue weighted by Gasteiger charge is -2.08. The van der Waals surface area contributed by atoms with Crippen molar-refractivity contribution in [2.45, 2.75) is 13.5 Å². The summed E-state index contributed by atoms with van der Waals surface area (Å²) in [5.41, 5.74) is 1.91. The molecule has 0 saturated heterocycles. The maximum Gasteiger partial charge on any atom is 0.246 e. The summed E-state index contributed by atoms with van der Waals surface area (Å²) in [5, 5.41) is 6.81. The molecule has 0 atom stereocenters. The minimum absolute atomic E-state index is 0.0988. The van der Waals surface area contributed by atoms with E-state index in [0.29, 0.717) is 0 Å². The first kappa shape index (κ1) is 11.9. The molecule has 4 nitrogen and oxygen atoms in total. The van der Waals surface area contributed by atoms with Crippen LogP contribution < -0.4 is 5.32 Å². The fraction of sp³-hybridized carbons (Fsp3) is 0.167. The van der Waals surface area contributed by atoms with E-state index >= 15 is 0 Å². The largest absolute Gasteiger partial charge is 0.323 e. The van der Waals surface area contributed by atoms with Gasteiger partial charge in [0.15, 0.2) is 0 Å². The normalized spacial score (nSPS) is 10.2. The molecule has 0 aliphatic rings. The lowest BCUT2D eigenvalue weighted by atomic mass is 10.2. The zero-order chi connectivity index (χ0) is 12.3. The van der Waals surface area contributed by atoms with Crippen molar-refractivity contribution < 1.29 is 4.79 Å². The van der Waals surface area contributed by atoms with Gasteiger partial charge in [-0.3, -0.25) is 9.48 Å². The second-order valence-corrected chi connectivity index (χ2v) is 4.59. The Morgan fingerprint density at radius 3 is 3.00 bits per heavy atom. The summed E-state index contributed by atoms with van der Waals surface area (Å²) in [6.07, 6.45) is 3.40. The molecule has 88 valence electrons. The molecule has 0 aliphatic carbocycles. The third-order valence-corrected chi connectivity index (χ3v) is 2.92. The van der Waals surface area contributed by atoms with Gasteiger partial charge in [0.2, 0.25) is 5.91 Å². The second kappa shape index (κ2) is 5.14. The third kappa shape index (κ3) is 3.17. The monoisotopic (exact) mass is 293 g/mol. The number of rotatable bonds is 3. The van der Waals surface area contributed by atoms with Gasteiger partial charge in [-0.05, 0) is 46.6 Å². The van der Waals surface area contributed by atoms with E-state index in [2.05, 4.69) is 26.3 Å². The molecule has 0 unspecified atom stereocenters. The van der Waals surface area contributed by atoms with Gasteiger partial charge >= 0.3 is 0 Å². The number of carbonyl (C=O) groups excluding carboxylic acids is 1. The van der Waals surface area contributed by atoms with Crippen LogP contribution in [0.1, 0.15) is 5.56 Å². The van der Waals surface area contributed by atoms with E-state index in [1.807, 2.05) is 25.1 Å². The first-order valence-electron chi connectivity index (χ1n) is 5.18. The summed E-state index contributed by atoms with van der Waals surface area (Å²) in [6.45, 7) is 2.22. The topological polar surface area (TPSA) is 46.9 Å². The van der Waals surface area contributed by atoms with Crippen molar-refractivity contribution in [1.82, 2.24) is 9.78 Å². The number of benzene rings is 1. The first-order chi connectivity index (χ1) is 8.15. The van der Waals surface area contributed by atoms with Crippen molar-refractivity contribution >= 4 is 27.5 Å². The van der Waals surface area contributed by atoms with Crippen LogP contribution in [0.4, 0.5) is 5.69 Å². The quantitative estimate of drug-likeness (QED) is 0.945. The van der Waals surface area contributed by atoms with E-state index in [9.17, 15) is 4.79 Å². The number of anilines is 1. The summed E-state index contributed by atoms with van der Waals surface area (Å²) in [6, 6.07) is 7.58. The highest BCUT2D eigenvalue weighted by molar-refractivity contribution is 9.10. The molecule has 5 heteroatoms. The predicted molar refractivity (Wildman–Crippen MR) is 69.7 cm³/mol. The van der Waals surface area contributed by atoms with Crippen molar-refractivity contribution in [2.24, 2.45) is 0 Å².